The Morgan fingerprint density at radius 2 is 2.06 bits per heavy atom. The zero-order valence-corrected chi connectivity index (χ0v) is 11.5. The zero-order chi connectivity index (χ0) is 13.8. The van der Waals surface area contributed by atoms with Crippen molar-refractivity contribution in [2.45, 2.75) is 19.0 Å². The van der Waals surface area contributed by atoms with E-state index in [1.807, 2.05) is 0 Å². The summed E-state index contributed by atoms with van der Waals surface area (Å²) in [5, 5.41) is 2.64. The van der Waals surface area contributed by atoms with Gasteiger partial charge in [-0.3, -0.25) is 4.79 Å². The molecular formula is C11H10BrClF3NO. The van der Waals surface area contributed by atoms with Gasteiger partial charge in [0.2, 0.25) is 0 Å². The molecule has 0 saturated heterocycles. The van der Waals surface area contributed by atoms with Crippen molar-refractivity contribution < 1.29 is 18.0 Å². The monoisotopic (exact) mass is 343 g/mol. The number of halogens is 5. The van der Waals surface area contributed by atoms with E-state index < -0.39 is 18.5 Å². The van der Waals surface area contributed by atoms with Crippen LogP contribution in [0.2, 0.25) is 5.02 Å². The van der Waals surface area contributed by atoms with Crippen molar-refractivity contribution in [2.24, 2.45) is 0 Å². The van der Waals surface area contributed by atoms with Gasteiger partial charge in [-0.2, -0.15) is 13.2 Å². The Labute approximate surface area is 116 Å². The topological polar surface area (TPSA) is 29.1 Å². The maximum atomic E-state index is 11.9. The normalized spacial score (nSPS) is 11.4. The SMILES string of the molecule is O=C(NCCCC(F)(F)F)c1ccc(Br)cc1Cl. The summed E-state index contributed by atoms with van der Waals surface area (Å²) in [4.78, 5) is 11.6. The van der Waals surface area contributed by atoms with E-state index in [0.717, 1.165) is 4.47 Å². The molecule has 1 N–H and O–H groups in total. The van der Waals surface area contributed by atoms with Gasteiger partial charge in [0.15, 0.2) is 0 Å². The van der Waals surface area contributed by atoms with Gasteiger partial charge in [0.25, 0.3) is 5.91 Å². The first-order valence-corrected chi connectivity index (χ1v) is 6.27. The number of carbonyl (C=O) groups excluding carboxylic acids is 1. The zero-order valence-electron chi connectivity index (χ0n) is 9.15. The summed E-state index contributed by atoms with van der Waals surface area (Å²) in [6.07, 6.45) is -5.26. The molecule has 1 aromatic rings. The van der Waals surface area contributed by atoms with E-state index in [9.17, 15) is 18.0 Å². The fourth-order valence-electron chi connectivity index (χ4n) is 1.26. The van der Waals surface area contributed by atoms with E-state index in [2.05, 4.69) is 21.2 Å². The molecule has 0 spiro atoms. The van der Waals surface area contributed by atoms with Crippen molar-refractivity contribution in [3.05, 3.63) is 33.3 Å². The molecular weight excluding hydrogens is 334 g/mol. The Morgan fingerprint density at radius 3 is 2.61 bits per heavy atom. The van der Waals surface area contributed by atoms with E-state index in [0.29, 0.717) is 0 Å². The summed E-state index contributed by atoms with van der Waals surface area (Å²) in [7, 11) is 0. The molecule has 1 amide bonds. The lowest BCUT2D eigenvalue weighted by Gasteiger charge is -2.08. The van der Waals surface area contributed by atoms with Crippen molar-refractivity contribution in [3.8, 4) is 0 Å². The van der Waals surface area contributed by atoms with Crippen LogP contribution in [0.15, 0.2) is 22.7 Å². The highest BCUT2D eigenvalue weighted by atomic mass is 79.9. The molecule has 0 aliphatic heterocycles. The Kier molecular flexibility index (Phi) is 5.47. The second-order valence-electron chi connectivity index (χ2n) is 3.60. The molecule has 0 saturated carbocycles. The highest BCUT2D eigenvalue weighted by Gasteiger charge is 2.26. The largest absolute Gasteiger partial charge is 0.389 e. The van der Waals surface area contributed by atoms with Gasteiger partial charge in [-0.1, -0.05) is 27.5 Å². The number of hydrogen-bond donors (Lipinski definition) is 1. The summed E-state index contributed by atoms with van der Waals surface area (Å²) in [6, 6.07) is 4.69. The van der Waals surface area contributed by atoms with Gasteiger partial charge < -0.3 is 5.32 Å². The maximum absolute atomic E-state index is 11.9. The molecule has 0 heterocycles. The number of rotatable bonds is 4. The molecule has 2 nitrogen and oxygen atoms in total. The van der Waals surface area contributed by atoms with Crippen LogP contribution in [-0.2, 0) is 0 Å². The standard InChI is InChI=1S/C11H10BrClF3NO/c12-7-2-3-8(9(13)6-7)10(18)17-5-1-4-11(14,15)16/h2-3,6H,1,4-5H2,(H,17,18). The number of amides is 1. The van der Waals surface area contributed by atoms with Crippen LogP contribution in [0, 0.1) is 0 Å². The van der Waals surface area contributed by atoms with Crippen LogP contribution in [0.3, 0.4) is 0 Å². The van der Waals surface area contributed by atoms with E-state index >= 15 is 0 Å². The molecule has 18 heavy (non-hydrogen) atoms. The summed E-state index contributed by atoms with van der Waals surface area (Å²) in [5.74, 6) is -0.477. The summed E-state index contributed by atoms with van der Waals surface area (Å²) < 4.78 is 36.3. The van der Waals surface area contributed by atoms with Crippen LogP contribution in [0.4, 0.5) is 13.2 Å². The molecule has 0 unspecified atom stereocenters. The van der Waals surface area contributed by atoms with Crippen molar-refractivity contribution in [2.75, 3.05) is 6.54 Å². The van der Waals surface area contributed by atoms with Gasteiger partial charge in [0, 0.05) is 17.4 Å². The maximum Gasteiger partial charge on any atom is 0.389 e. The number of carbonyl (C=O) groups is 1. The number of alkyl halides is 3. The van der Waals surface area contributed by atoms with Gasteiger partial charge in [-0.15, -0.1) is 0 Å². The summed E-state index contributed by atoms with van der Waals surface area (Å²) in [5.41, 5.74) is 0.242. The molecule has 0 bridgehead atoms. The third-order valence-corrected chi connectivity index (χ3v) is 2.90. The predicted molar refractivity (Wildman–Crippen MR) is 66.8 cm³/mol. The van der Waals surface area contributed by atoms with Crippen molar-refractivity contribution in [1.82, 2.24) is 5.32 Å². The average Bonchev–Trinajstić information content (AvgIpc) is 2.22. The second-order valence-corrected chi connectivity index (χ2v) is 4.92. The Balaban J connectivity index is 2.46. The lowest BCUT2D eigenvalue weighted by atomic mass is 10.2. The number of hydrogen-bond acceptors (Lipinski definition) is 1. The smallest absolute Gasteiger partial charge is 0.352 e. The van der Waals surface area contributed by atoms with Gasteiger partial charge in [0.1, 0.15) is 0 Å². The van der Waals surface area contributed by atoms with Crippen LogP contribution >= 0.6 is 27.5 Å². The molecule has 0 aliphatic carbocycles. The average molecular weight is 345 g/mol. The van der Waals surface area contributed by atoms with Gasteiger partial charge in [-0.05, 0) is 24.6 Å². The van der Waals surface area contributed by atoms with Crippen LogP contribution in [-0.4, -0.2) is 18.6 Å². The van der Waals surface area contributed by atoms with Crippen molar-refractivity contribution >= 4 is 33.4 Å². The first-order valence-electron chi connectivity index (χ1n) is 5.09. The van der Waals surface area contributed by atoms with Crippen LogP contribution in [0.25, 0.3) is 0 Å². The molecule has 0 aromatic heterocycles. The molecule has 0 fully saturated rings. The third-order valence-electron chi connectivity index (χ3n) is 2.10. The van der Waals surface area contributed by atoms with Crippen molar-refractivity contribution in [1.29, 1.82) is 0 Å². The predicted octanol–water partition coefficient (Wildman–Crippen LogP) is 4.17. The minimum absolute atomic E-state index is 0.0370. The van der Waals surface area contributed by atoms with E-state index in [4.69, 9.17) is 11.6 Å². The molecule has 0 radical (unpaired) electrons. The van der Waals surface area contributed by atoms with Gasteiger partial charge in [0.05, 0.1) is 10.6 Å². The number of benzene rings is 1. The molecule has 1 rings (SSSR count). The first kappa shape index (κ1) is 15.3. The highest BCUT2D eigenvalue weighted by molar-refractivity contribution is 9.10. The fraction of sp³-hybridized carbons (Fsp3) is 0.364. The molecule has 7 heteroatoms. The molecule has 100 valence electrons. The Hall–Kier alpha value is -0.750. The molecule has 1 aromatic carbocycles. The quantitative estimate of drug-likeness (QED) is 0.816. The van der Waals surface area contributed by atoms with E-state index in [1.54, 1.807) is 12.1 Å². The van der Waals surface area contributed by atoms with Crippen LogP contribution < -0.4 is 5.32 Å². The minimum atomic E-state index is -4.19. The minimum Gasteiger partial charge on any atom is -0.352 e. The summed E-state index contributed by atoms with van der Waals surface area (Å²) >= 11 is 9.03. The Morgan fingerprint density at radius 1 is 1.39 bits per heavy atom. The lowest BCUT2D eigenvalue weighted by Crippen LogP contribution is -2.25. The van der Waals surface area contributed by atoms with Crippen LogP contribution in [0.5, 0.6) is 0 Å². The van der Waals surface area contributed by atoms with E-state index in [1.165, 1.54) is 6.07 Å². The van der Waals surface area contributed by atoms with Gasteiger partial charge in [-0.25, -0.2) is 0 Å². The third kappa shape index (κ3) is 5.27. The lowest BCUT2D eigenvalue weighted by molar-refractivity contribution is -0.135. The summed E-state index contributed by atoms with van der Waals surface area (Å²) in [6.45, 7) is -0.0370. The van der Waals surface area contributed by atoms with Crippen LogP contribution in [0.1, 0.15) is 23.2 Å². The van der Waals surface area contributed by atoms with Gasteiger partial charge >= 0.3 is 6.18 Å². The molecule has 0 atom stereocenters. The Bertz CT molecular complexity index is 437. The van der Waals surface area contributed by atoms with Crippen molar-refractivity contribution in [3.63, 3.8) is 0 Å². The fourth-order valence-corrected chi connectivity index (χ4v) is 2.02. The first-order chi connectivity index (χ1) is 8.29. The van der Waals surface area contributed by atoms with E-state index in [-0.39, 0.29) is 23.6 Å². The second kappa shape index (κ2) is 6.43. The highest BCUT2D eigenvalue weighted by Crippen LogP contribution is 2.22. The molecule has 0 aliphatic rings. The number of nitrogens with one attached hydrogen (secondary N) is 1.